The van der Waals surface area contributed by atoms with Crippen LogP contribution in [-0.2, 0) is 14.4 Å². The van der Waals surface area contributed by atoms with Gasteiger partial charge >= 0.3 is 0 Å². The molecule has 2 aliphatic heterocycles. The van der Waals surface area contributed by atoms with Crippen molar-refractivity contribution in [3.05, 3.63) is 0 Å². The SMILES string of the molecule is O=C(N[C@@H]1CONC1=O)[C@@H]1CCCCN1. The van der Waals surface area contributed by atoms with Crippen molar-refractivity contribution in [2.75, 3.05) is 13.2 Å². The quantitative estimate of drug-likeness (QED) is 0.531. The Balaban J connectivity index is 1.82. The highest BCUT2D eigenvalue weighted by Gasteiger charge is 2.30. The normalized spacial score (nSPS) is 31.1. The fourth-order valence-corrected chi connectivity index (χ4v) is 1.80. The first-order valence-electron chi connectivity index (χ1n) is 5.23. The average molecular weight is 213 g/mol. The Hall–Kier alpha value is -1.14. The maximum Gasteiger partial charge on any atom is 0.268 e. The third kappa shape index (κ3) is 2.45. The van der Waals surface area contributed by atoms with Crippen LogP contribution in [0.5, 0.6) is 0 Å². The Labute approximate surface area is 87.7 Å². The van der Waals surface area contributed by atoms with Gasteiger partial charge in [0.05, 0.1) is 6.04 Å². The summed E-state index contributed by atoms with van der Waals surface area (Å²) in [5.74, 6) is -0.389. The van der Waals surface area contributed by atoms with Crippen molar-refractivity contribution in [3.63, 3.8) is 0 Å². The van der Waals surface area contributed by atoms with E-state index in [4.69, 9.17) is 4.84 Å². The molecule has 2 aliphatic rings. The Kier molecular flexibility index (Phi) is 3.17. The second-order valence-electron chi connectivity index (χ2n) is 3.84. The van der Waals surface area contributed by atoms with E-state index in [2.05, 4.69) is 16.1 Å². The summed E-state index contributed by atoms with van der Waals surface area (Å²) in [6.45, 7) is 1.07. The van der Waals surface area contributed by atoms with E-state index in [0.29, 0.717) is 0 Å². The second kappa shape index (κ2) is 4.59. The molecule has 3 N–H and O–H groups in total. The third-order valence-corrected chi connectivity index (χ3v) is 2.68. The second-order valence-corrected chi connectivity index (χ2v) is 3.84. The lowest BCUT2D eigenvalue weighted by Crippen LogP contribution is -2.51. The van der Waals surface area contributed by atoms with Crippen LogP contribution in [0.4, 0.5) is 0 Å². The van der Waals surface area contributed by atoms with Gasteiger partial charge in [-0.15, -0.1) is 0 Å². The van der Waals surface area contributed by atoms with E-state index in [9.17, 15) is 9.59 Å². The van der Waals surface area contributed by atoms with Crippen LogP contribution in [0.2, 0.25) is 0 Å². The molecule has 0 unspecified atom stereocenters. The highest BCUT2D eigenvalue weighted by Crippen LogP contribution is 2.07. The molecular weight excluding hydrogens is 198 g/mol. The summed E-state index contributed by atoms with van der Waals surface area (Å²) in [4.78, 5) is 27.5. The third-order valence-electron chi connectivity index (χ3n) is 2.68. The first kappa shape index (κ1) is 10.4. The number of carbonyl (C=O) groups is 2. The number of rotatable bonds is 2. The number of hydrogen-bond donors (Lipinski definition) is 3. The van der Waals surface area contributed by atoms with Gasteiger partial charge in [-0.05, 0) is 19.4 Å². The predicted molar refractivity (Wildman–Crippen MR) is 51.7 cm³/mol. The van der Waals surface area contributed by atoms with E-state index < -0.39 is 6.04 Å². The molecule has 0 aromatic rings. The molecule has 2 atom stereocenters. The molecule has 0 aromatic carbocycles. The van der Waals surface area contributed by atoms with Crippen molar-refractivity contribution in [1.29, 1.82) is 0 Å². The minimum atomic E-state index is -0.541. The van der Waals surface area contributed by atoms with Gasteiger partial charge in [-0.25, -0.2) is 5.48 Å². The molecule has 6 heteroatoms. The first-order valence-corrected chi connectivity index (χ1v) is 5.23. The predicted octanol–water partition coefficient (Wildman–Crippen LogP) is -1.33. The van der Waals surface area contributed by atoms with Gasteiger partial charge in [-0.3, -0.25) is 14.4 Å². The van der Waals surface area contributed by atoms with E-state index in [0.717, 1.165) is 25.8 Å². The van der Waals surface area contributed by atoms with Crippen molar-refractivity contribution in [2.24, 2.45) is 0 Å². The monoisotopic (exact) mass is 213 g/mol. The van der Waals surface area contributed by atoms with Crippen LogP contribution >= 0.6 is 0 Å². The minimum absolute atomic E-state index is 0.111. The maximum atomic E-state index is 11.7. The lowest BCUT2D eigenvalue weighted by Gasteiger charge is -2.23. The van der Waals surface area contributed by atoms with Crippen molar-refractivity contribution in [1.82, 2.24) is 16.1 Å². The Morgan fingerprint density at radius 2 is 2.33 bits per heavy atom. The lowest BCUT2D eigenvalue weighted by molar-refractivity contribution is -0.129. The van der Waals surface area contributed by atoms with Crippen LogP contribution in [0.1, 0.15) is 19.3 Å². The Bertz CT molecular complexity index is 263. The van der Waals surface area contributed by atoms with Crippen LogP contribution in [0, 0.1) is 0 Å². The fraction of sp³-hybridized carbons (Fsp3) is 0.778. The van der Waals surface area contributed by atoms with Gasteiger partial charge in [0.25, 0.3) is 5.91 Å². The smallest absolute Gasteiger partial charge is 0.268 e. The number of hydrogen-bond acceptors (Lipinski definition) is 4. The van der Waals surface area contributed by atoms with Gasteiger partial charge in [0.1, 0.15) is 12.6 Å². The van der Waals surface area contributed by atoms with Gasteiger partial charge in [-0.1, -0.05) is 6.42 Å². The van der Waals surface area contributed by atoms with E-state index in [-0.39, 0.29) is 24.5 Å². The van der Waals surface area contributed by atoms with E-state index in [1.807, 2.05) is 0 Å². The summed E-state index contributed by atoms with van der Waals surface area (Å²) in [5, 5.41) is 5.78. The van der Waals surface area contributed by atoms with Crippen LogP contribution < -0.4 is 16.1 Å². The molecule has 0 bridgehead atoms. The zero-order valence-electron chi connectivity index (χ0n) is 8.41. The standard InChI is InChI=1S/C9H15N3O3/c13-8(6-3-1-2-4-10-6)11-7-5-15-12-9(7)14/h6-7,10H,1-5H2,(H,11,13)(H,12,14)/t6-,7+/m0/s1. The van der Waals surface area contributed by atoms with Gasteiger partial charge in [0.15, 0.2) is 0 Å². The van der Waals surface area contributed by atoms with Gasteiger partial charge in [0, 0.05) is 0 Å². The molecule has 0 spiro atoms. The molecule has 0 saturated carbocycles. The topological polar surface area (TPSA) is 79.5 Å². The molecule has 6 nitrogen and oxygen atoms in total. The molecule has 15 heavy (non-hydrogen) atoms. The Morgan fingerprint density at radius 3 is 2.93 bits per heavy atom. The first-order chi connectivity index (χ1) is 7.27. The molecular formula is C9H15N3O3. The fourth-order valence-electron chi connectivity index (χ4n) is 1.80. The van der Waals surface area contributed by atoms with Crippen LogP contribution in [0.25, 0.3) is 0 Å². The minimum Gasteiger partial charge on any atom is -0.341 e. The molecule has 2 heterocycles. The van der Waals surface area contributed by atoms with Crippen molar-refractivity contribution in [2.45, 2.75) is 31.3 Å². The molecule has 0 aliphatic carbocycles. The molecule has 0 aromatic heterocycles. The number of hydroxylamine groups is 1. The zero-order chi connectivity index (χ0) is 10.7. The highest BCUT2D eigenvalue weighted by atomic mass is 16.7. The molecule has 0 radical (unpaired) electrons. The maximum absolute atomic E-state index is 11.7. The zero-order valence-corrected chi connectivity index (χ0v) is 8.41. The summed E-state index contributed by atoms with van der Waals surface area (Å²) in [6, 6.07) is -0.701. The van der Waals surface area contributed by atoms with E-state index in [1.165, 1.54) is 0 Å². The molecule has 2 rings (SSSR count). The number of carbonyl (C=O) groups excluding carboxylic acids is 2. The van der Waals surface area contributed by atoms with E-state index in [1.54, 1.807) is 0 Å². The van der Waals surface area contributed by atoms with Crippen molar-refractivity contribution in [3.8, 4) is 0 Å². The van der Waals surface area contributed by atoms with Crippen molar-refractivity contribution < 1.29 is 14.4 Å². The molecule has 84 valence electrons. The summed E-state index contributed by atoms with van der Waals surface area (Å²) in [5.41, 5.74) is 2.20. The van der Waals surface area contributed by atoms with Crippen molar-refractivity contribution >= 4 is 11.8 Å². The molecule has 2 amide bonds. The number of piperidine rings is 1. The summed E-state index contributed by atoms with van der Waals surface area (Å²) < 4.78 is 0. The molecule has 2 saturated heterocycles. The Morgan fingerprint density at radius 1 is 1.47 bits per heavy atom. The number of nitrogens with one attached hydrogen (secondary N) is 3. The van der Waals surface area contributed by atoms with E-state index >= 15 is 0 Å². The van der Waals surface area contributed by atoms with Gasteiger partial charge < -0.3 is 10.6 Å². The average Bonchev–Trinajstić information content (AvgIpc) is 2.66. The largest absolute Gasteiger partial charge is 0.341 e. The summed E-state index contributed by atoms with van der Waals surface area (Å²) in [6.07, 6.45) is 3.00. The molecule has 2 fully saturated rings. The van der Waals surface area contributed by atoms with Crippen LogP contribution in [0.3, 0.4) is 0 Å². The summed E-state index contributed by atoms with van der Waals surface area (Å²) >= 11 is 0. The van der Waals surface area contributed by atoms with Gasteiger partial charge in [0.2, 0.25) is 5.91 Å². The summed E-state index contributed by atoms with van der Waals surface area (Å²) in [7, 11) is 0. The van der Waals surface area contributed by atoms with Gasteiger partial charge in [-0.2, -0.15) is 0 Å². The lowest BCUT2D eigenvalue weighted by atomic mass is 10.0. The van der Waals surface area contributed by atoms with Crippen LogP contribution in [-0.4, -0.2) is 37.0 Å². The highest BCUT2D eigenvalue weighted by molar-refractivity contribution is 5.90. The number of amides is 2. The van der Waals surface area contributed by atoms with Crippen LogP contribution in [0.15, 0.2) is 0 Å².